The molecule has 4 heteroatoms. The van der Waals surface area contributed by atoms with Crippen molar-refractivity contribution < 1.29 is 19.4 Å². The van der Waals surface area contributed by atoms with Crippen molar-refractivity contribution in [3.05, 3.63) is 12.3 Å². The number of rotatable bonds is 1. The highest BCUT2D eigenvalue weighted by molar-refractivity contribution is 5.66. The lowest BCUT2D eigenvalue weighted by molar-refractivity contribution is -0.128. The molecule has 15 heavy (non-hydrogen) atoms. The van der Waals surface area contributed by atoms with Gasteiger partial charge in [0.2, 0.25) is 0 Å². The summed E-state index contributed by atoms with van der Waals surface area (Å²) < 4.78 is 9.87. The molecule has 84 valence electrons. The minimum atomic E-state index is -1.08. The van der Waals surface area contributed by atoms with Crippen LogP contribution in [0.3, 0.4) is 0 Å². The normalized spacial score (nSPS) is 34.8. The molecule has 1 heterocycles. The molecule has 0 aromatic rings. The summed E-state index contributed by atoms with van der Waals surface area (Å²) in [7, 11) is 0. The van der Waals surface area contributed by atoms with Crippen molar-refractivity contribution >= 4 is 6.16 Å². The standard InChI is InChI=1S/C11H16O4/c1-8-10(2,15-9(12)14-8)11(13)6-4-3-5-7-11/h13H,1,3-7H2,2H3. The molecule has 0 aromatic heterocycles. The molecule has 0 radical (unpaired) electrons. The molecule has 1 unspecified atom stereocenters. The predicted molar refractivity (Wildman–Crippen MR) is 53.1 cm³/mol. The monoisotopic (exact) mass is 212 g/mol. The number of carbonyl (C=O) groups excluding carboxylic acids is 1. The molecular weight excluding hydrogens is 196 g/mol. The summed E-state index contributed by atoms with van der Waals surface area (Å²) in [5.74, 6) is 0.219. The summed E-state index contributed by atoms with van der Waals surface area (Å²) in [6, 6.07) is 0. The third-order valence-electron chi connectivity index (χ3n) is 3.59. The van der Waals surface area contributed by atoms with Crippen molar-refractivity contribution in [1.29, 1.82) is 0 Å². The zero-order chi connectivity index (χ0) is 11.1. The quantitative estimate of drug-likeness (QED) is 0.676. The first-order valence-electron chi connectivity index (χ1n) is 5.30. The first-order valence-corrected chi connectivity index (χ1v) is 5.30. The van der Waals surface area contributed by atoms with Crippen molar-refractivity contribution in [3.8, 4) is 0 Å². The van der Waals surface area contributed by atoms with E-state index in [-0.39, 0.29) is 5.76 Å². The summed E-state index contributed by atoms with van der Waals surface area (Å²) in [5.41, 5.74) is -2.10. The van der Waals surface area contributed by atoms with Gasteiger partial charge < -0.3 is 14.6 Å². The number of carbonyl (C=O) groups is 1. The van der Waals surface area contributed by atoms with Crippen LogP contribution in [-0.4, -0.2) is 22.5 Å². The van der Waals surface area contributed by atoms with Crippen LogP contribution in [0, 0.1) is 0 Å². The average molecular weight is 212 g/mol. The molecule has 0 bridgehead atoms. The Morgan fingerprint density at radius 1 is 1.33 bits per heavy atom. The van der Waals surface area contributed by atoms with E-state index in [2.05, 4.69) is 6.58 Å². The first kappa shape index (κ1) is 10.5. The molecule has 1 saturated heterocycles. The molecule has 0 spiro atoms. The molecule has 1 saturated carbocycles. The Balaban J connectivity index is 2.27. The van der Waals surface area contributed by atoms with Gasteiger partial charge in [-0.05, 0) is 19.8 Å². The van der Waals surface area contributed by atoms with Crippen molar-refractivity contribution in [2.24, 2.45) is 0 Å². The number of cyclic esters (lactones) is 2. The van der Waals surface area contributed by atoms with E-state index in [1.54, 1.807) is 6.92 Å². The molecule has 1 atom stereocenters. The minimum absolute atomic E-state index is 0.219. The van der Waals surface area contributed by atoms with E-state index in [0.29, 0.717) is 12.8 Å². The highest BCUT2D eigenvalue weighted by atomic mass is 16.8. The van der Waals surface area contributed by atoms with E-state index in [9.17, 15) is 9.90 Å². The Hall–Kier alpha value is -1.03. The van der Waals surface area contributed by atoms with Gasteiger partial charge in [-0.15, -0.1) is 0 Å². The number of hydrogen-bond donors (Lipinski definition) is 1. The van der Waals surface area contributed by atoms with Gasteiger partial charge in [-0.3, -0.25) is 0 Å². The number of aliphatic hydroxyl groups is 1. The van der Waals surface area contributed by atoms with Crippen LogP contribution in [0.5, 0.6) is 0 Å². The van der Waals surface area contributed by atoms with Crippen LogP contribution in [0.25, 0.3) is 0 Å². The Morgan fingerprint density at radius 3 is 2.40 bits per heavy atom. The fraction of sp³-hybridized carbons (Fsp3) is 0.727. The molecular formula is C11H16O4. The number of ether oxygens (including phenoxy) is 2. The summed E-state index contributed by atoms with van der Waals surface area (Å²) >= 11 is 0. The second-order valence-corrected chi connectivity index (χ2v) is 4.50. The van der Waals surface area contributed by atoms with Crippen LogP contribution in [0.4, 0.5) is 4.79 Å². The highest BCUT2D eigenvalue weighted by Crippen LogP contribution is 2.45. The molecule has 0 amide bonds. The highest BCUT2D eigenvalue weighted by Gasteiger charge is 2.57. The van der Waals surface area contributed by atoms with Gasteiger partial charge in [-0.25, -0.2) is 4.79 Å². The lowest BCUT2D eigenvalue weighted by Crippen LogP contribution is -2.53. The maximum atomic E-state index is 11.0. The Bertz CT molecular complexity index is 304. The summed E-state index contributed by atoms with van der Waals surface area (Å²) in [4.78, 5) is 11.0. The van der Waals surface area contributed by atoms with Gasteiger partial charge in [0.25, 0.3) is 0 Å². The van der Waals surface area contributed by atoms with Crippen LogP contribution in [0.15, 0.2) is 12.3 Å². The van der Waals surface area contributed by atoms with Crippen LogP contribution in [0.2, 0.25) is 0 Å². The molecule has 2 rings (SSSR count). The SMILES string of the molecule is C=C1OC(=O)OC1(C)C1(O)CCCCC1. The van der Waals surface area contributed by atoms with Gasteiger partial charge in [-0.2, -0.15) is 0 Å². The fourth-order valence-corrected chi connectivity index (χ4v) is 2.41. The van der Waals surface area contributed by atoms with E-state index in [1.807, 2.05) is 0 Å². The van der Waals surface area contributed by atoms with E-state index >= 15 is 0 Å². The van der Waals surface area contributed by atoms with Gasteiger partial charge in [0, 0.05) is 0 Å². The molecule has 2 aliphatic rings. The Labute approximate surface area is 88.9 Å². The number of hydrogen-bond acceptors (Lipinski definition) is 4. The maximum Gasteiger partial charge on any atom is 0.514 e. The maximum absolute atomic E-state index is 11.0. The molecule has 1 N–H and O–H groups in total. The fourth-order valence-electron chi connectivity index (χ4n) is 2.41. The molecule has 0 aromatic carbocycles. The van der Waals surface area contributed by atoms with Gasteiger partial charge >= 0.3 is 6.16 Å². The Kier molecular flexibility index (Phi) is 2.26. The van der Waals surface area contributed by atoms with Crippen molar-refractivity contribution in [3.63, 3.8) is 0 Å². The Morgan fingerprint density at radius 2 is 1.93 bits per heavy atom. The van der Waals surface area contributed by atoms with Crippen LogP contribution >= 0.6 is 0 Å². The third-order valence-corrected chi connectivity index (χ3v) is 3.59. The average Bonchev–Trinajstić information content (AvgIpc) is 2.43. The van der Waals surface area contributed by atoms with E-state index in [1.165, 1.54) is 0 Å². The van der Waals surface area contributed by atoms with Gasteiger partial charge in [0.15, 0.2) is 11.4 Å². The van der Waals surface area contributed by atoms with E-state index in [4.69, 9.17) is 9.47 Å². The molecule has 1 aliphatic heterocycles. The van der Waals surface area contributed by atoms with Gasteiger partial charge in [0.1, 0.15) is 5.60 Å². The summed E-state index contributed by atoms with van der Waals surface area (Å²) in [5, 5.41) is 10.5. The summed E-state index contributed by atoms with van der Waals surface area (Å²) in [6.07, 6.45) is 3.48. The van der Waals surface area contributed by atoms with Gasteiger partial charge in [-0.1, -0.05) is 25.8 Å². The van der Waals surface area contributed by atoms with Crippen LogP contribution < -0.4 is 0 Å². The lowest BCUT2D eigenvalue weighted by Gasteiger charge is -2.42. The van der Waals surface area contributed by atoms with E-state index in [0.717, 1.165) is 19.3 Å². The van der Waals surface area contributed by atoms with Crippen LogP contribution in [-0.2, 0) is 9.47 Å². The smallest absolute Gasteiger partial charge is 0.416 e. The molecule has 2 fully saturated rings. The predicted octanol–water partition coefficient (Wildman–Crippen LogP) is 2.12. The minimum Gasteiger partial charge on any atom is -0.416 e. The molecule has 4 nitrogen and oxygen atoms in total. The van der Waals surface area contributed by atoms with E-state index < -0.39 is 17.4 Å². The second-order valence-electron chi connectivity index (χ2n) is 4.50. The second kappa shape index (κ2) is 3.23. The summed E-state index contributed by atoms with van der Waals surface area (Å²) in [6.45, 7) is 5.32. The zero-order valence-corrected chi connectivity index (χ0v) is 8.91. The van der Waals surface area contributed by atoms with Crippen molar-refractivity contribution in [2.75, 3.05) is 0 Å². The van der Waals surface area contributed by atoms with Crippen molar-refractivity contribution in [1.82, 2.24) is 0 Å². The van der Waals surface area contributed by atoms with Crippen LogP contribution in [0.1, 0.15) is 39.0 Å². The van der Waals surface area contributed by atoms with Crippen molar-refractivity contribution in [2.45, 2.75) is 50.2 Å². The van der Waals surface area contributed by atoms with Gasteiger partial charge in [0.05, 0.1) is 0 Å². The third kappa shape index (κ3) is 1.44. The zero-order valence-electron chi connectivity index (χ0n) is 8.91. The first-order chi connectivity index (χ1) is 6.98. The lowest BCUT2D eigenvalue weighted by atomic mass is 9.73. The molecule has 1 aliphatic carbocycles. The topological polar surface area (TPSA) is 55.8 Å². The largest absolute Gasteiger partial charge is 0.514 e.